The molecule has 1 N–H and O–H groups in total. The Labute approximate surface area is 130 Å². The van der Waals surface area contributed by atoms with E-state index in [1.54, 1.807) is 6.92 Å². The smallest absolute Gasteiger partial charge is 0.329 e. The van der Waals surface area contributed by atoms with Crippen LogP contribution in [0.3, 0.4) is 0 Å². The monoisotopic (exact) mass is 323 g/mol. The number of carbonyl (C=O) groups excluding carboxylic acids is 1. The van der Waals surface area contributed by atoms with Crippen LogP contribution >= 0.6 is 22.9 Å². The second-order valence-electron chi connectivity index (χ2n) is 5.38. The molecule has 1 amide bonds. The molecule has 4 nitrogen and oxygen atoms in total. The van der Waals surface area contributed by atoms with Crippen LogP contribution in [0, 0.1) is 0 Å². The number of rotatable bonds is 2. The molecule has 1 atom stereocenters. The predicted molar refractivity (Wildman–Crippen MR) is 83.1 cm³/mol. The summed E-state index contributed by atoms with van der Waals surface area (Å²) in [4.78, 5) is 26.1. The van der Waals surface area contributed by atoms with Crippen LogP contribution in [-0.4, -0.2) is 34.0 Å². The van der Waals surface area contributed by atoms with Crippen LogP contribution in [0.2, 0.25) is 5.02 Å². The number of hydrogen-bond acceptors (Lipinski definition) is 3. The van der Waals surface area contributed by atoms with E-state index in [0.29, 0.717) is 29.3 Å². The molecular weight excluding hydrogens is 310 g/mol. The van der Waals surface area contributed by atoms with Crippen molar-refractivity contribution in [2.75, 3.05) is 6.54 Å². The third-order valence-corrected chi connectivity index (χ3v) is 5.74. The van der Waals surface area contributed by atoms with Crippen LogP contribution in [0.4, 0.5) is 0 Å². The molecule has 1 aromatic carbocycles. The van der Waals surface area contributed by atoms with Crippen LogP contribution in [0.5, 0.6) is 0 Å². The summed E-state index contributed by atoms with van der Waals surface area (Å²) < 4.78 is 0.932. The lowest BCUT2D eigenvalue weighted by Gasteiger charge is -2.30. The number of carboxylic acid groups (broad SMARTS) is 1. The highest BCUT2D eigenvalue weighted by Gasteiger charge is 2.46. The minimum Gasteiger partial charge on any atom is -0.480 e. The number of likely N-dealkylation sites (tertiary alicyclic amines) is 1. The molecule has 6 heteroatoms. The Morgan fingerprint density at radius 3 is 2.76 bits per heavy atom. The molecule has 1 aliphatic heterocycles. The van der Waals surface area contributed by atoms with E-state index in [1.807, 2.05) is 24.3 Å². The van der Waals surface area contributed by atoms with Gasteiger partial charge in [0.15, 0.2) is 0 Å². The van der Waals surface area contributed by atoms with Crippen molar-refractivity contribution in [1.29, 1.82) is 0 Å². The van der Waals surface area contributed by atoms with Gasteiger partial charge in [0.2, 0.25) is 0 Å². The van der Waals surface area contributed by atoms with Gasteiger partial charge in [0.05, 0.1) is 5.02 Å². The fraction of sp³-hybridized carbons (Fsp3) is 0.333. The number of aliphatic carboxylic acids is 1. The maximum atomic E-state index is 12.7. The average Bonchev–Trinajstić information content (AvgIpc) is 3.01. The van der Waals surface area contributed by atoms with Gasteiger partial charge in [0.25, 0.3) is 5.91 Å². The van der Waals surface area contributed by atoms with Gasteiger partial charge in [0, 0.05) is 16.6 Å². The minimum absolute atomic E-state index is 0.288. The van der Waals surface area contributed by atoms with Gasteiger partial charge in [-0.2, -0.15) is 0 Å². The standard InChI is InChI=1S/C15H14ClNO3S/c1-15(14(19)20)7-4-8-17(15)13(18)12-11(16)9-5-2-3-6-10(9)21-12/h2-3,5-6H,4,7-8H2,1H3,(H,19,20). The van der Waals surface area contributed by atoms with E-state index in [9.17, 15) is 14.7 Å². The Balaban J connectivity index is 2.05. The summed E-state index contributed by atoms with van der Waals surface area (Å²) in [5, 5.41) is 10.7. The normalized spacial score (nSPS) is 21.9. The quantitative estimate of drug-likeness (QED) is 0.918. The molecule has 0 aliphatic carbocycles. The van der Waals surface area contributed by atoms with Crippen molar-refractivity contribution in [3.05, 3.63) is 34.2 Å². The lowest BCUT2D eigenvalue weighted by Crippen LogP contribution is -2.50. The molecule has 21 heavy (non-hydrogen) atoms. The van der Waals surface area contributed by atoms with E-state index >= 15 is 0 Å². The summed E-state index contributed by atoms with van der Waals surface area (Å²) in [7, 11) is 0. The number of benzene rings is 1. The summed E-state index contributed by atoms with van der Waals surface area (Å²) in [6.45, 7) is 2.05. The Bertz CT molecular complexity index is 742. The lowest BCUT2D eigenvalue weighted by molar-refractivity contribution is -0.147. The number of halogens is 1. The second kappa shape index (κ2) is 5.00. The third-order valence-electron chi connectivity index (χ3n) is 4.08. The zero-order valence-electron chi connectivity index (χ0n) is 11.4. The van der Waals surface area contributed by atoms with Crippen molar-refractivity contribution >= 4 is 44.9 Å². The first-order valence-corrected chi connectivity index (χ1v) is 7.87. The first-order chi connectivity index (χ1) is 9.95. The number of hydrogen-bond donors (Lipinski definition) is 1. The molecule has 2 aromatic rings. The molecule has 1 saturated heterocycles. The minimum atomic E-state index is -1.14. The molecule has 1 aliphatic rings. The molecular formula is C15H14ClNO3S. The molecule has 1 fully saturated rings. The molecule has 0 radical (unpaired) electrons. The van der Waals surface area contributed by atoms with Crippen molar-refractivity contribution in [1.82, 2.24) is 4.90 Å². The molecule has 0 spiro atoms. The van der Waals surface area contributed by atoms with Crippen LogP contribution in [0.25, 0.3) is 10.1 Å². The summed E-state index contributed by atoms with van der Waals surface area (Å²) in [5.41, 5.74) is -1.14. The Morgan fingerprint density at radius 1 is 1.38 bits per heavy atom. The largest absolute Gasteiger partial charge is 0.480 e. The second-order valence-corrected chi connectivity index (χ2v) is 6.81. The van der Waals surface area contributed by atoms with E-state index in [-0.39, 0.29) is 5.91 Å². The molecule has 0 saturated carbocycles. The van der Waals surface area contributed by atoms with E-state index in [2.05, 4.69) is 0 Å². The molecule has 0 bridgehead atoms. The number of carbonyl (C=O) groups is 2. The average molecular weight is 324 g/mol. The zero-order chi connectivity index (χ0) is 15.2. The number of amides is 1. The first-order valence-electron chi connectivity index (χ1n) is 6.67. The fourth-order valence-corrected chi connectivity index (χ4v) is 4.25. The number of fused-ring (bicyclic) bond motifs is 1. The highest BCUT2D eigenvalue weighted by Crippen LogP contribution is 2.39. The van der Waals surface area contributed by atoms with Gasteiger partial charge >= 0.3 is 5.97 Å². The van der Waals surface area contributed by atoms with Crippen LogP contribution in [0.15, 0.2) is 24.3 Å². The van der Waals surface area contributed by atoms with E-state index in [1.165, 1.54) is 16.2 Å². The van der Waals surface area contributed by atoms with Gasteiger partial charge < -0.3 is 10.0 Å². The maximum absolute atomic E-state index is 12.7. The van der Waals surface area contributed by atoms with E-state index in [4.69, 9.17) is 11.6 Å². The molecule has 110 valence electrons. The summed E-state index contributed by atoms with van der Waals surface area (Å²) in [6, 6.07) is 7.53. The molecule has 3 rings (SSSR count). The molecule has 1 unspecified atom stereocenters. The third kappa shape index (κ3) is 2.12. The molecule has 1 aromatic heterocycles. The Hall–Kier alpha value is -1.59. The van der Waals surface area contributed by atoms with Gasteiger partial charge in [-0.1, -0.05) is 29.8 Å². The van der Waals surface area contributed by atoms with Gasteiger partial charge in [-0.25, -0.2) is 4.79 Å². The molecule has 2 heterocycles. The summed E-state index contributed by atoms with van der Waals surface area (Å²) in [6.07, 6.45) is 1.16. The Kier molecular flexibility index (Phi) is 3.42. The van der Waals surface area contributed by atoms with Gasteiger partial charge in [-0.05, 0) is 25.8 Å². The van der Waals surface area contributed by atoms with Crippen molar-refractivity contribution in [3.63, 3.8) is 0 Å². The van der Waals surface area contributed by atoms with Crippen molar-refractivity contribution in [2.45, 2.75) is 25.3 Å². The van der Waals surface area contributed by atoms with Crippen LogP contribution in [0.1, 0.15) is 29.4 Å². The lowest BCUT2D eigenvalue weighted by atomic mass is 9.99. The number of nitrogens with zero attached hydrogens (tertiary/aromatic N) is 1. The van der Waals surface area contributed by atoms with E-state index in [0.717, 1.165) is 10.1 Å². The predicted octanol–water partition coefficient (Wildman–Crippen LogP) is 3.63. The topological polar surface area (TPSA) is 57.6 Å². The highest BCUT2D eigenvalue weighted by molar-refractivity contribution is 7.21. The SMILES string of the molecule is CC1(C(=O)O)CCCN1C(=O)c1sc2ccccc2c1Cl. The zero-order valence-corrected chi connectivity index (χ0v) is 13.0. The van der Waals surface area contributed by atoms with Crippen LogP contribution in [-0.2, 0) is 4.79 Å². The van der Waals surface area contributed by atoms with E-state index < -0.39 is 11.5 Å². The van der Waals surface area contributed by atoms with Crippen molar-refractivity contribution in [2.24, 2.45) is 0 Å². The van der Waals surface area contributed by atoms with Gasteiger partial charge in [0.1, 0.15) is 10.4 Å². The van der Waals surface area contributed by atoms with Crippen molar-refractivity contribution in [3.8, 4) is 0 Å². The highest BCUT2D eigenvalue weighted by atomic mass is 35.5. The summed E-state index contributed by atoms with van der Waals surface area (Å²) in [5.74, 6) is -1.26. The Morgan fingerprint density at radius 2 is 2.10 bits per heavy atom. The summed E-state index contributed by atoms with van der Waals surface area (Å²) >= 11 is 7.63. The van der Waals surface area contributed by atoms with Gasteiger partial charge in [-0.3, -0.25) is 4.79 Å². The van der Waals surface area contributed by atoms with Crippen LogP contribution < -0.4 is 0 Å². The number of thiophene rings is 1. The van der Waals surface area contributed by atoms with Crippen molar-refractivity contribution < 1.29 is 14.7 Å². The maximum Gasteiger partial charge on any atom is 0.329 e. The fourth-order valence-electron chi connectivity index (χ4n) is 2.79. The number of carboxylic acids is 1. The first kappa shape index (κ1) is 14.4. The van der Waals surface area contributed by atoms with Gasteiger partial charge in [-0.15, -0.1) is 11.3 Å².